The zero-order chi connectivity index (χ0) is 23.1. The molecule has 2 unspecified atom stereocenters. The van der Waals surface area contributed by atoms with E-state index in [0.29, 0.717) is 12.8 Å². The third-order valence-corrected chi connectivity index (χ3v) is 6.99. The number of fused-ring (bicyclic) bond motifs is 3. The van der Waals surface area contributed by atoms with E-state index < -0.39 is 35.8 Å². The summed E-state index contributed by atoms with van der Waals surface area (Å²) in [5, 5.41) is 10.0. The number of nitrogens with zero attached hydrogens (tertiary/aromatic N) is 2. The zero-order valence-corrected chi connectivity index (χ0v) is 17.9. The number of hydrogen-bond donors (Lipinski definition) is 1. The highest BCUT2D eigenvalue weighted by molar-refractivity contribution is 6.22. The Morgan fingerprint density at radius 1 is 0.909 bits per heavy atom. The molecule has 0 radical (unpaired) electrons. The molecule has 0 aliphatic carbocycles. The summed E-state index contributed by atoms with van der Waals surface area (Å²) in [5.74, 6) is -2.77. The number of ether oxygens (including phenoxy) is 1. The van der Waals surface area contributed by atoms with Crippen LogP contribution in [-0.4, -0.2) is 56.9 Å². The molecule has 170 valence electrons. The van der Waals surface area contributed by atoms with Gasteiger partial charge in [0, 0.05) is 12.1 Å². The highest BCUT2D eigenvalue weighted by Crippen LogP contribution is 2.42. The molecule has 3 aliphatic heterocycles. The summed E-state index contributed by atoms with van der Waals surface area (Å²) in [6.45, 7) is 0.172. The second kappa shape index (κ2) is 8.35. The summed E-state index contributed by atoms with van der Waals surface area (Å²) in [4.78, 5) is 53.6. The van der Waals surface area contributed by atoms with E-state index in [0.717, 1.165) is 23.3 Å². The average molecular weight is 448 g/mol. The van der Waals surface area contributed by atoms with Gasteiger partial charge in [0.2, 0.25) is 0 Å². The molecule has 2 aromatic carbocycles. The molecule has 2 fully saturated rings. The van der Waals surface area contributed by atoms with Crippen LogP contribution in [-0.2, 0) is 16.1 Å². The second-order valence-corrected chi connectivity index (χ2v) is 8.87. The van der Waals surface area contributed by atoms with Crippen LogP contribution in [0.3, 0.4) is 0 Å². The van der Waals surface area contributed by atoms with Crippen molar-refractivity contribution in [3.05, 3.63) is 71.3 Å². The van der Waals surface area contributed by atoms with Crippen LogP contribution in [0.2, 0.25) is 0 Å². The van der Waals surface area contributed by atoms with E-state index in [1.807, 2.05) is 30.3 Å². The maximum absolute atomic E-state index is 12.9. The monoisotopic (exact) mass is 448 g/mol. The highest BCUT2D eigenvalue weighted by Gasteiger charge is 2.52. The number of carboxylic acid groups (broad SMARTS) is 1. The number of carbonyl (C=O) groups is 4. The van der Waals surface area contributed by atoms with Crippen molar-refractivity contribution in [1.29, 1.82) is 0 Å². The van der Waals surface area contributed by atoms with Crippen molar-refractivity contribution in [2.75, 3.05) is 0 Å². The lowest BCUT2D eigenvalue weighted by Crippen LogP contribution is -2.55. The number of carbonyl (C=O) groups excluding carboxylic acids is 3. The van der Waals surface area contributed by atoms with E-state index in [2.05, 4.69) is 0 Å². The first-order valence-corrected chi connectivity index (χ1v) is 11.1. The van der Waals surface area contributed by atoms with Crippen molar-refractivity contribution < 1.29 is 29.0 Å². The first-order chi connectivity index (χ1) is 16.0. The predicted octanol–water partition coefficient (Wildman–Crippen LogP) is 3.32. The van der Waals surface area contributed by atoms with Crippen LogP contribution in [0, 0.1) is 5.92 Å². The smallest absolute Gasteiger partial charge is 0.410 e. The van der Waals surface area contributed by atoms with Crippen LogP contribution in [0.15, 0.2) is 54.6 Å². The van der Waals surface area contributed by atoms with Gasteiger partial charge in [0.05, 0.1) is 11.1 Å². The van der Waals surface area contributed by atoms with Crippen LogP contribution >= 0.6 is 0 Å². The van der Waals surface area contributed by atoms with Crippen molar-refractivity contribution in [2.45, 2.75) is 50.4 Å². The molecular weight excluding hydrogens is 424 g/mol. The third kappa shape index (κ3) is 3.65. The molecule has 2 bridgehead atoms. The first-order valence-electron chi connectivity index (χ1n) is 11.1. The lowest BCUT2D eigenvalue weighted by atomic mass is 9.84. The Morgan fingerprint density at radius 3 is 2.00 bits per heavy atom. The number of imide groups is 1. The molecule has 33 heavy (non-hydrogen) atoms. The molecule has 3 amide bonds. The average Bonchev–Trinajstić information content (AvgIpc) is 3.23. The van der Waals surface area contributed by atoms with Gasteiger partial charge >= 0.3 is 12.1 Å². The highest BCUT2D eigenvalue weighted by atomic mass is 16.6. The fourth-order valence-corrected chi connectivity index (χ4v) is 5.55. The van der Waals surface area contributed by atoms with Crippen LogP contribution in [0.1, 0.15) is 52.0 Å². The number of piperidine rings is 1. The molecule has 2 aromatic rings. The Morgan fingerprint density at radius 2 is 1.45 bits per heavy atom. The first kappa shape index (κ1) is 21.2. The Kier molecular flexibility index (Phi) is 5.36. The van der Waals surface area contributed by atoms with Gasteiger partial charge in [-0.15, -0.1) is 0 Å². The SMILES string of the molecule is O=C(O)[C@H](C1CC2CCC(C1)N2C(=O)OCc1ccccc1)N1C(=O)c2ccccc2C1=O. The lowest BCUT2D eigenvalue weighted by molar-refractivity contribution is -0.144. The molecule has 0 saturated carbocycles. The number of amides is 3. The molecule has 5 rings (SSSR count). The maximum Gasteiger partial charge on any atom is 0.410 e. The maximum atomic E-state index is 12.9. The molecule has 0 spiro atoms. The molecule has 3 heterocycles. The van der Waals surface area contributed by atoms with Gasteiger partial charge in [-0.05, 0) is 49.3 Å². The molecule has 8 nitrogen and oxygen atoms in total. The molecule has 2 saturated heterocycles. The largest absolute Gasteiger partial charge is 0.480 e. The van der Waals surface area contributed by atoms with Gasteiger partial charge in [-0.2, -0.15) is 0 Å². The van der Waals surface area contributed by atoms with Crippen LogP contribution in [0.5, 0.6) is 0 Å². The van der Waals surface area contributed by atoms with Crippen molar-refractivity contribution >= 4 is 23.9 Å². The molecule has 8 heteroatoms. The van der Waals surface area contributed by atoms with E-state index in [1.54, 1.807) is 29.2 Å². The van der Waals surface area contributed by atoms with Crippen LogP contribution in [0.25, 0.3) is 0 Å². The van der Waals surface area contributed by atoms with E-state index >= 15 is 0 Å². The fourth-order valence-electron chi connectivity index (χ4n) is 5.55. The van der Waals surface area contributed by atoms with Gasteiger partial charge in [-0.3, -0.25) is 14.5 Å². The third-order valence-electron chi connectivity index (χ3n) is 6.99. The zero-order valence-electron chi connectivity index (χ0n) is 17.9. The minimum absolute atomic E-state index is 0.172. The van der Waals surface area contributed by atoms with E-state index in [-0.39, 0.29) is 29.8 Å². The Bertz CT molecular complexity index is 1070. The molecule has 0 aromatic heterocycles. The predicted molar refractivity (Wildman–Crippen MR) is 116 cm³/mol. The van der Waals surface area contributed by atoms with Crippen molar-refractivity contribution in [2.24, 2.45) is 5.92 Å². The number of benzene rings is 2. The fraction of sp³-hybridized carbons (Fsp3) is 0.360. The van der Waals surface area contributed by atoms with Crippen molar-refractivity contribution in [3.8, 4) is 0 Å². The summed E-state index contributed by atoms with van der Waals surface area (Å²) >= 11 is 0. The minimum Gasteiger partial charge on any atom is -0.480 e. The summed E-state index contributed by atoms with van der Waals surface area (Å²) in [6.07, 6.45) is 1.90. The molecule has 3 aliphatic rings. The quantitative estimate of drug-likeness (QED) is 0.704. The minimum atomic E-state index is -1.26. The Hall–Kier alpha value is -3.68. The summed E-state index contributed by atoms with van der Waals surface area (Å²) in [5.41, 5.74) is 1.36. The normalized spacial score (nSPS) is 24.5. The number of carboxylic acids is 1. The summed E-state index contributed by atoms with van der Waals surface area (Å²) < 4.78 is 5.52. The van der Waals surface area contributed by atoms with Gasteiger partial charge in [0.25, 0.3) is 11.8 Å². The Labute approximate surface area is 190 Å². The van der Waals surface area contributed by atoms with Gasteiger partial charge in [0.15, 0.2) is 0 Å². The Balaban J connectivity index is 1.31. The summed E-state index contributed by atoms with van der Waals surface area (Å²) in [6, 6.07) is 14.2. The number of hydrogen-bond acceptors (Lipinski definition) is 5. The standard InChI is InChI=1S/C25H24N2O6/c28-22-19-8-4-5-9-20(19)23(29)27(22)21(24(30)31)16-12-17-10-11-18(13-16)26(17)25(32)33-14-15-6-2-1-3-7-15/h1-9,16-18,21H,10-14H2,(H,30,31)/t16?,17?,18?,21-/m0/s1. The van der Waals surface area contributed by atoms with Crippen LogP contribution < -0.4 is 0 Å². The molecular formula is C25H24N2O6. The van der Waals surface area contributed by atoms with Crippen LogP contribution in [0.4, 0.5) is 4.79 Å². The summed E-state index contributed by atoms with van der Waals surface area (Å²) in [7, 11) is 0. The topological polar surface area (TPSA) is 104 Å². The van der Waals surface area contributed by atoms with Gasteiger partial charge in [-0.1, -0.05) is 42.5 Å². The number of rotatable bonds is 5. The van der Waals surface area contributed by atoms with E-state index in [4.69, 9.17) is 4.74 Å². The van der Waals surface area contributed by atoms with Gasteiger partial charge in [0.1, 0.15) is 12.6 Å². The van der Waals surface area contributed by atoms with E-state index in [9.17, 15) is 24.3 Å². The second-order valence-electron chi connectivity index (χ2n) is 8.87. The van der Waals surface area contributed by atoms with Crippen molar-refractivity contribution in [3.63, 3.8) is 0 Å². The van der Waals surface area contributed by atoms with E-state index in [1.165, 1.54) is 0 Å². The number of aliphatic carboxylic acids is 1. The van der Waals surface area contributed by atoms with Gasteiger partial charge in [-0.25, -0.2) is 9.59 Å². The molecule has 3 atom stereocenters. The van der Waals surface area contributed by atoms with Crippen molar-refractivity contribution in [1.82, 2.24) is 9.80 Å². The lowest BCUT2D eigenvalue weighted by Gasteiger charge is -2.41. The van der Waals surface area contributed by atoms with Gasteiger partial charge < -0.3 is 14.7 Å². The molecule has 1 N–H and O–H groups in total.